The number of nitrogens with one attached hydrogen (secondary N) is 1. The highest BCUT2D eigenvalue weighted by atomic mass is 35.5. The second kappa shape index (κ2) is 5.52. The van der Waals surface area contributed by atoms with Crippen molar-refractivity contribution in [2.45, 2.75) is 19.4 Å². The zero-order valence-corrected chi connectivity index (χ0v) is 12.7. The first-order chi connectivity index (χ1) is 10.1. The van der Waals surface area contributed by atoms with Gasteiger partial charge in [-0.15, -0.1) is 0 Å². The summed E-state index contributed by atoms with van der Waals surface area (Å²) in [4.78, 5) is 0. The SMILES string of the molecule is Cc1nn(C)c(Cl)c1CC(NN)c1cc2ccccc2o1. The minimum Gasteiger partial charge on any atom is -0.459 e. The van der Waals surface area contributed by atoms with E-state index < -0.39 is 0 Å². The predicted molar refractivity (Wildman–Crippen MR) is 82.9 cm³/mol. The van der Waals surface area contributed by atoms with Crippen LogP contribution in [0.3, 0.4) is 0 Å². The Bertz CT molecular complexity index is 744. The second-order valence-corrected chi connectivity index (χ2v) is 5.45. The average Bonchev–Trinajstić information content (AvgIpc) is 3.00. The quantitative estimate of drug-likeness (QED) is 0.574. The van der Waals surface area contributed by atoms with Crippen LogP contribution in [0.5, 0.6) is 0 Å². The van der Waals surface area contributed by atoms with Crippen molar-refractivity contribution in [1.29, 1.82) is 0 Å². The number of furan rings is 1. The normalized spacial score (nSPS) is 13.0. The van der Waals surface area contributed by atoms with E-state index >= 15 is 0 Å². The highest BCUT2D eigenvalue weighted by Gasteiger charge is 2.20. The Labute approximate surface area is 127 Å². The van der Waals surface area contributed by atoms with E-state index in [1.165, 1.54) is 0 Å². The molecule has 5 nitrogen and oxygen atoms in total. The fraction of sp³-hybridized carbons (Fsp3) is 0.267. The third-order valence-electron chi connectivity index (χ3n) is 3.67. The Kier molecular flexibility index (Phi) is 3.71. The topological polar surface area (TPSA) is 69.0 Å². The van der Waals surface area contributed by atoms with Crippen LogP contribution in [0.4, 0.5) is 0 Å². The lowest BCUT2D eigenvalue weighted by atomic mass is 10.1. The number of aryl methyl sites for hydroxylation is 2. The van der Waals surface area contributed by atoms with Crippen molar-refractivity contribution in [1.82, 2.24) is 15.2 Å². The van der Waals surface area contributed by atoms with E-state index in [1.54, 1.807) is 4.68 Å². The first kappa shape index (κ1) is 14.1. The molecule has 3 N–H and O–H groups in total. The Morgan fingerprint density at radius 1 is 1.43 bits per heavy atom. The van der Waals surface area contributed by atoms with Crippen molar-refractivity contribution >= 4 is 22.6 Å². The molecule has 1 unspecified atom stereocenters. The van der Waals surface area contributed by atoms with Gasteiger partial charge in [0.15, 0.2) is 0 Å². The van der Waals surface area contributed by atoms with Crippen LogP contribution in [0.25, 0.3) is 11.0 Å². The molecule has 0 bridgehead atoms. The Morgan fingerprint density at radius 2 is 2.19 bits per heavy atom. The summed E-state index contributed by atoms with van der Waals surface area (Å²) >= 11 is 6.28. The molecule has 0 fully saturated rings. The van der Waals surface area contributed by atoms with Crippen LogP contribution >= 0.6 is 11.6 Å². The molecule has 0 saturated heterocycles. The largest absolute Gasteiger partial charge is 0.459 e. The first-order valence-electron chi connectivity index (χ1n) is 6.72. The van der Waals surface area contributed by atoms with Crippen LogP contribution in [-0.4, -0.2) is 9.78 Å². The molecule has 0 aliphatic heterocycles. The van der Waals surface area contributed by atoms with E-state index in [-0.39, 0.29) is 6.04 Å². The van der Waals surface area contributed by atoms with Gasteiger partial charge in [-0.3, -0.25) is 10.5 Å². The Balaban J connectivity index is 1.94. The summed E-state index contributed by atoms with van der Waals surface area (Å²) in [6.45, 7) is 1.94. The molecular weight excluding hydrogens is 288 g/mol. The molecule has 21 heavy (non-hydrogen) atoms. The zero-order valence-electron chi connectivity index (χ0n) is 11.9. The lowest BCUT2D eigenvalue weighted by Gasteiger charge is -2.13. The molecule has 3 aromatic rings. The van der Waals surface area contributed by atoms with Crippen LogP contribution in [0, 0.1) is 6.92 Å². The molecule has 0 amide bonds. The lowest BCUT2D eigenvalue weighted by molar-refractivity contribution is 0.434. The van der Waals surface area contributed by atoms with Gasteiger partial charge in [0.2, 0.25) is 0 Å². The van der Waals surface area contributed by atoms with Gasteiger partial charge in [0.1, 0.15) is 16.5 Å². The average molecular weight is 305 g/mol. The number of nitrogens with zero attached hydrogens (tertiary/aromatic N) is 2. The van der Waals surface area contributed by atoms with Crippen molar-refractivity contribution in [2.24, 2.45) is 12.9 Å². The van der Waals surface area contributed by atoms with Gasteiger partial charge in [0, 0.05) is 24.4 Å². The molecule has 6 heteroatoms. The highest BCUT2D eigenvalue weighted by Crippen LogP contribution is 2.28. The number of nitrogens with two attached hydrogens (primary N) is 1. The van der Waals surface area contributed by atoms with E-state index in [0.717, 1.165) is 28.0 Å². The van der Waals surface area contributed by atoms with Gasteiger partial charge in [-0.2, -0.15) is 5.10 Å². The maximum atomic E-state index is 6.28. The van der Waals surface area contributed by atoms with Crippen LogP contribution in [0.1, 0.15) is 23.1 Å². The zero-order chi connectivity index (χ0) is 15.0. The number of halogens is 1. The molecular formula is C15H17ClN4O. The smallest absolute Gasteiger partial charge is 0.134 e. The second-order valence-electron chi connectivity index (χ2n) is 5.09. The Morgan fingerprint density at radius 3 is 2.81 bits per heavy atom. The predicted octanol–water partition coefficient (Wildman–Crippen LogP) is 2.88. The summed E-state index contributed by atoms with van der Waals surface area (Å²) in [6, 6.07) is 9.72. The van der Waals surface area contributed by atoms with Gasteiger partial charge in [-0.25, -0.2) is 5.43 Å². The molecule has 0 radical (unpaired) electrons. The summed E-state index contributed by atoms with van der Waals surface area (Å²) in [5, 5.41) is 6.01. The fourth-order valence-electron chi connectivity index (χ4n) is 2.53. The van der Waals surface area contributed by atoms with Gasteiger partial charge in [0.05, 0.1) is 11.7 Å². The number of aromatic nitrogens is 2. The standard InChI is InChI=1S/C15H17ClN4O/c1-9-11(15(16)20(2)19-9)8-12(18-17)14-7-10-5-3-4-6-13(10)21-14/h3-7,12,18H,8,17H2,1-2H3. The first-order valence-corrected chi connectivity index (χ1v) is 7.10. The molecule has 0 saturated carbocycles. The number of rotatable bonds is 4. The monoisotopic (exact) mass is 304 g/mol. The molecule has 2 aromatic heterocycles. The molecule has 0 aliphatic rings. The van der Waals surface area contributed by atoms with Crippen molar-refractivity contribution in [3.63, 3.8) is 0 Å². The maximum Gasteiger partial charge on any atom is 0.134 e. The summed E-state index contributed by atoms with van der Waals surface area (Å²) < 4.78 is 7.53. The molecule has 1 atom stereocenters. The molecule has 1 aromatic carbocycles. The van der Waals surface area contributed by atoms with E-state index in [0.29, 0.717) is 11.6 Å². The van der Waals surface area contributed by atoms with E-state index in [2.05, 4.69) is 10.5 Å². The number of para-hydroxylation sites is 1. The Hall–Kier alpha value is -1.82. The lowest BCUT2D eigenvalue weighted by Crippen LogP contribution is -2.29. The number of fused-ring (bicyclic) bond motifs is 1. The summed E-state index contributed by atoms with van der Waals surface area (Å²) in [5.74, 6) is 6.49. The summed E-state index contributed by atoms with van der Waals surface area (Å²) in [5.41, 5.74) is 5.53. The van der Waals surface area contributed by atoms with Gasteiger partial charge in [-0.05, 0) is 19.1 Å². The van der Waals surface area contributed by atoms with Crippen LogP contribution in [-0.2, 0) is 13.5 Å². The van der Waals surface area contributed by atoms with Gasteiger partial charge in [-0.1, -0.05) is 29.8 Å². The fourth-order valence-corrected chi connectivity index (χ4v) is 2.78. The third-order valence-corrected chi connectivity index (χ3v) is 4.14. The number of benzene rings is 1. The van der Waals surface area contributed by atoms with Gasteiger partial charge >= 0.3 is 0 Å². The highest BCUT2D eigenvalue weighted by molar-refractivity contribution is 6.30. The van der Waals surface area contributed by atoms with E-state index in [4.69, 9.17) is 21.9 Å². The van der Waals surface area contributed by atoms with Crippen molar-refractivity contribution < 1.29 is 4.42 Å². The van der Waals surface area contributed by atoms with Crippen molar-refractivity contribution in [3.05, 3.63) is 52.5 Å². The van der Waals surface area contributed by atoms with Gasteiger partial charge in [0.25, 0.3) is 0 Å². The van der Waals surface area contributed by atoms with E-state index in [1.807, 2.05) is 44.3 Å². The summed E-state index contributed by atoms with van der Waals surface area (Å²) in [6.07, 6.45) is 0.620. The maximum absolute atomic E-state index is 6.28. The van der Waals surface area contributed by atoms with Gasteiger partial charge < -0.3 is 4.42 Å². The van der Waals surface area contributed by atoms with E-state index in [9.17, 15) is 0 Å². The number of hydrogen-bond acceptors (Lipinski definition) is 4. The molecule has 0 spiro atoms. The van der Waals surface area contributed by atoms with Crippen LogP contribution in [0.2, 0.25) is 5.15 Å². The molecule has 110 valence electrons. The minimum atomic E-state index is -0.155. The van der Waals surface area contributed by atoms with Crippen molar-refractivity contribution in [3.8, 4) is 0 Å². The van der Waals surface area contributed by atoms with Crippen LogP contribution in [0.15, 0.2) is 34.7 Å². The third kappa shape index (κ3) is 2.55. The molecule has 3 rings (SSSR count). The summed E-state index contributed by atoms with van der Waals surface area (Å²) in [7, 11) is 1.82. The molecule has 0 aliphatic carbocycles. The van der Waals surface area contributed by atoms with Crippen molar-refractivity contribution in [2.75, 3.05) is 0 Å². The minimum absolute atomic E-state index is 0.155. The van der Waals surface area contributed by atoms with Crippen LogP contribution < -0.4 is 11.3 Å². The number of hydrogen-bond donors (Lipinski definition) is 2. The molecule has 2 heterocycles. The number of hydrazine groups is 1.